The van der Waals surface area contributed by atoms with Crippen LogP contribution < -0.4 is 35.3 Å². The lowest BCUT2D eigenvalue weighted by Crippen LogP contribution is -2.48. The number of carbonyl (C=O) groups excluding carboxylic acids is 1. The summed E-state index contributed by atoms with van der Waals surface area (Å²) in [6.07, 6.45) is 4.60. The molecule has 0 aliphatic carbocycles. The van der Waals surface area contributed by atoms with Crippen LogP contribution in [0.4, 0.5) is 16.2 Å². The molecule has 0 saturated carbocycles. The first-order valence-electron chi connectivity index (χ1n) is 15.2. The van der Waals surface area contributed by atoms with Gasteiger partial charge in [0, 0.05) is 40.7 Å². The van der Waals surface area contributed by atoms with E-state index in [0.29, 0.717) is 75.9 Å². The molecule has 0 bridgehead atoms. The van der Waals surface area contributed by atoms with Crippen molar-refractivity contribution < 1.29 is 23.7 Å². The lowest BCUT2D eigenvalue weighted by atomic mass is 9.91. The molecule has 4 aromatic rings. The number of benzene rings is 3. The van der Waals surface area contributed by atoms with Crippen LogP contribution in [-0.4, -0.2) is 60.9 Å². The van der Waals surface area contributed by atoms with Gasteiger partial charge in [-0.15, -0.1) is 0 Å². The predicted octanol–water partition coefficient (Wildman–Crippen LogP) is 6.99. The maximum Gasteiger partial charge on any atom is 0.323 e. The molecule has 236 valence electrons. The van der Waals surface area contributed by atoms with Gasteiger partial charge in [-0.3, -0.25) is 4.98 Å². The van der Waals surface area contributed by atoms with E-state index in [2.05, 4.69) is 27.4 Å². The molecule has 2 amide bonds. The summed E-state index contributed by atoms with van der Waals surface area (Å²) < 4.78 is 24.6. The van der Waals surface area contributed by atoms with E-state index in [1.54, 1.807) is 48.7 Å². The molecule has 1 saturated heterocycles. The summed E-state index contributed by atoms with van der Waals surface area (Å²) in [6, 6.07) is 15.7. The number of anilines is 2. The number of urea groups is 1. The number of carbonyl (C=O) groups is 1. The lowest BCUT2D eigenvalue weighted by molar-refractivity contribution is 0.152. The fourth-order valence-electron chi connectivity index (χ4n) is 5.47. The molecule has 2 aliphatic rings. The highest BCUT2D eigenvalue weighted by atomic mass is 35.5. The summed E-state index contributed by atoms with van der Waals surface area (Å²) in [7, 11) is 0. The van der Waals surface area contributed by atoms with E-state index < -0.39 is 0 Å². The summed E-state index contributed by atoms with van der Waals surface area (Å²) in [5, 5.41) is 6.99. The minimum Gasteiger partial charge on any atom is -0.489 e. The highest BCUT2D eigenvalue weighted by Gasteiger charge is 2.26. The highest BCUT2D eigenvalue weighted by molar-refractivity contribution is 6.31. The van der Waals surface area contributed by atoms with Gasteiger partial charge in [-0.25, -0.2) is 4.79 Å². The van der Waals surface area contributed by atoms with Crippen LogP contribution >= 0.6 is 11.6 Å². The summed E-state index contributed by atoms with van der Waals surface area (Å²) in [5.41, 5.74) is 9.04. The molecule has 1 aromatic heterocycles. The van der Waals surface area contributed by atoms with Crippen LogP contribution in [0.15, 0.2) is 60.8 Å². The predicted molar refractivity (Wildman–Crippen MR) is 176 cm³/mol. The Kier molecular flexibility index (Phi) is 9.16. The fourth-order valence-corrected chi connectivity index (χ4v) is 5.59. The quantitative estimate of drug-likeness (QED) is 0.169. The molecular weight excluding hydrogens is 594 g/mol. The second kappa shape index (κ2) is 13.4. The number of amides is 2. The van der Waals surface area contributed by atoms with Gasteiger partial charge in [-0.2, -0.15) is 0 Å². The molecule has 3 aromatic carbocycles. The average molecular weight is 632 g/mol. The molecule has 6 rings (SSSR count). The number of rotatable bonds is 9. The fraction of sp³-hybridized carbons (Fsp3) is 0.353. The van der Waals surface area contributed by atoms with Gasteiger partial charge in [0.15, 0.2) is 11.5 Å². The third-order valence-electron chi connectivity index (χ3n) is 8.07. The Labute approximate surface area is 267 Å². The highest BCUT2D eigenvalue weighted by Crippen LogP contribution is 2.48. The van der Waals surface area contributed by atoms with Crippen molar-refractivity contribution in [3.05, 3.63) is 71.4 Å². The molecule has 0 radical (unpaired) electrons. The van der Waals surface area contributed by atoms with Crippen molar-refractivity contribution in [3.63, 3.8) is 0 Å². The van der Waals surface area contributed by atoms with E-state index in [0.717, 1.165) is 44.5 Å². The molecule has 0 spiro atoms. The Bertz CT molecular complexity index is 1670. The summed E-state index contributed by atoms with van der Waals surface area (Å²) >= 11 is 6.08. The number of nitrogens with two attached hydrogens (primary N) is 1. The summed E-state index contributed by atoms with van der Waals surface area (Å²) in [5.74, 6) is 2.88. The van der Waals surface area contributed by atoms with Crippen molar-refractivity contribution in [2.45, 2.75) is 38.6 Å². The number of aryl methyl sites for hydroxylation is 1. The van der Waals surface area contributed by atoms with Gasteiger partial charge in [0.2, 0.25) is 5.75 Å². The topological polar surface area (TPSA) is 120 Å². The summed E-state index contributed by atoms with van der Waals surface area (Å²) in [4.78, 5) is 19.5. The number of nitrogens with one attached hydrogen (secondary N) is 2. The Balaban J connectivity index is 1.11. The van der Waals surface area contributed by atoms with Gasteiger partial charge in [0.25, 0.3) is 0 Å². The van der Waals surface area contributed by atoms with Gasteiger partial charge in [-0.05, 0) is 100 Å². The Hall–Kier alpha value is -4.25. The standard InChI is InChI=1S/C34H38ClN5O5/c1-22-20-24(6-9-26(22)35)39-33(41)38-23-4-7-25(8-5-23)45-28-10-13-37-27-21-29(31-32(30(27)28)44-19-18-43-31)42-17-3-14-40-15-11-34(2,36)12-16-40/h4-10,13,20-21H,3,11-12,14-19,36H2,1-2H3,(H2,38,39,41). The SMILES string of the molecule is Cc1cc(NC(=O)Nc2ccc(Oc3ccnc4cc(OCCCN5CCC(C)(N)CC5)c5c(c34)OCCO5)cc2)ccc1Cl. The average Bonchev–Trinajstić information content (AvgIpc) is 3.02. The van der Waals surface area contributed by atoms with E-state index in [9.17, 15) is 4.79 Å². The summed E-state index contributed by atoms with van der Waals surface area (Å²) in [6.45, 7) is 8.38. The van der Waals surface area contributed by atoms with E-state index >= 15 is 0 Å². The van der Waals surface area contributed by atoms with Crippen LogP contribution in [0.5, 0.6) is 28.7 Å². The minimum atomic E-state index is -0.363. The zero-order valence-electron chi connectivity index (χ0n) is 25.5. The Morgan fingerprint density at radius 1 is 1.00 bits per heavy atom. The van der Waals surface area contributed by atoms with Crippen molar-refractivity contribution in [1.82, 2.24) is 9.88 Å². The molecular formula is C34H38ClN5O5. The smallest absolute Gasteiger partial charge is 0.323 e. The third-order valence-corrected chi connectivity index (χ3v) is 8.50. The van der Waals surface area contributed by atoms with Crippen LogP contribution in [0.2, 0.25) is 5.02 Å². The van der Waals surface area contributed by atoms with E-state index in [-0.39, 0.29) is 11.6 Å². The number of ether oxygens (including phenoxy) is 4. The largest absolute Gasteiger partial charge is 0.489 e. The third kappa shape index (κ3) is 7.53. The number of hydrogen-bond donors (Lipinski definition) is 3. The Morgan fingerprint density at radius 3 is 2.47 bits per heavy atom. The van der Waals surface area contributed by atoms with Gasteiger partial charge in [0.1, 0.15) is 24.7 Å². The van der Waals surface area contributed by atoms with Crippen LogP contribution in [0, 0.1) is 6.92 Å². The lowest BCUT2D eigenvalue weighted by Gasteiger charge is -2.36. The molecule has 45 heavy (non-hydrogen) atoms. The monoisotopic (exact) mass is 631 g/mol. The maximum atomic E-state index is 12.5. The van der Waals surface area contributed by atoms with E-state index in [1.165, 1.54) is 0 Å². The van der Waals surface area contributed by atoms with E-state index in [1.807, 2.05) is 19.1 Å². The van der Waals surface area contributed by atoms with Crippen LogP contribution in [0.1, 0.15) is 31.7 Å². The molecule has 11 heteroatoms. The van der Waals surface area contributed by atoms with Crippen LogP contribution in [0.3, 0.4) is 0 Å². The second-order valence-electron chi connectivity index (χ2n) is 11.8. The Morgan fingerprint density at radius 2 is 1.71 bits per heavy atom. The molecule has 0 unspecified atom stereocenters. The number of aromatic nitrogens is 1. The van der Waals surface area contributed by atoms with Gasteiger partial charge in [-0.1, -0.05) is 11.6 Å². The molecule has 0 atom stereocenters. The van der Waals surface area contributed by atoms with Crippen LogP contribution in [-0.2, 0) is 0 Å². The van der Waals surface area contributed by atoms with Gasteiger partial charge in [0.05, 0.1) is 17.5 Å². The molecule has 4 N–H and O–H groups in total. The van der Waals surface area contributed by atoms with Crippen molar-refractivity contribution >= 4 is 39.9 Å². The first-order valence-corrected chi connectivity index (χ1v) is 15.6. The zero-order chi connectivity index (χ0) is 31.4. The number of likely N-dealkylation sites (tertiary alicyclic amines) is 1. The van der Waals surface area contributed by atoms with Crippen molar-refractivity contribution in [1.29, 1.82) is 0 Å². The number of pyridine rings is 1. The van der Waals surface area contributed by atoms with Crippen molar-refractivity contribution in [2.24, 2.45) is 5.73 Å². The second-order valence-corrected chi connectivity index (χ2v) is 12.2. The van der Waals surface area contributed by atoms with Gasteiger partial charge < -0.3 is 40.2 Å². The van der Waals surface area contributed by atoms with Crippen molar-refractivity contribution in [2.75, 3.05) is 50.1 Å². The van der Waals surface area contributed by atoms with E-state index in [4.69, 9.17) is 36.3 Å². The molecule has 1 fully saturated rings. The first-order chi connectivity index (χ1) is 21.7. The first kappa shape index (κ1) is 30.8. The number of piperidine rings is 1. The molecule has 2 aliphatic heterocycles. The zero-order valence-corrected chi connectivity index (χ0v) is 26.3. The number of halogens is 1. The number of hydrogen-bond acceptors (Lipinski definition) is 8. The van der Waals surface area contributed by atoms with Crippen molar-refractivity contribution in [3.8, 4) is 28.7 Å². The number of fused-ring (bicyclic) bond motifs is 3. The van der Waals surface area contributed by atoms with Crippen LogP contribution in [0.25, 0.3) is 10.9 Å². The minimum absolute atomic E-state index is 0.0544. The molecule has 3 heterocycles. The normalized spacial score (nSPS) is 15.8. The molecule has 10 nitrogen and oxygen atoms in total. The number of nitrogens with zero attached hydrogens (tertiary/aromatic N) is 2. The maximum absolute atomic E-state index is 12.5. The van der Waals surface area contributed by atoms with Gasteiger partial charge >= 0.3 is 6.03 Å².